The number of hydrogen-bond acceptors (Lipinski definition) is 5. The van der Waals surface area contributed by atoms with Crippen molar-refractivity contribution in [3.05, 3.63) is 23.8 Å². The summed E-state index contributed by atoms with van der Waals surface area (Å²) >= 11 is 0. The smallest absolute Gasteiger partial charge is 0.324 e. The second kappa shape index (κ2) is 10.2. The molecule has 0 radical (unpaired) electrons. The summed E-state index contributed by atoms with van der Waals surface area (Å²) < 4.78 is 10.7. The van der Waals surface area contributed by atoms with E-state index in [-0.39, 0.29) is 49.3 Å². The topological polar surface area (TPSA) is 104 Å². The zero-order valence-corrected chi connectivity index (χ0v) is 17.4. The van der Waals surface area contributed by atoms with Crippen LogP contribution in [-0.2, 0) is 11.2 Å². The fraction of sp³-hybridized carbons (Fsp3) is 0.471. The summed E-state index contributed by atoms with van der Waals surface area (Å²) in [6.45, 7) is 4.38. The molecule has 148 valence electrons. The molecule has 1 aromatic rings. The van der Waals surface area contributed by atoms with Gasteiger partial charge in [0.1, 0.15) is 0 Å². The number of aliphatic imine (C=N–C) groups is 1. The van der Waals surface area contributed by atoms with Crippen molar-refractivity contribution < 1.29 is 19.1 Å². The second-order valence-electron chi connectivity index (χ2n) is 5.83. The molecular formula is C17H24IN5O4. The van der Waals surface area contributed by atoms with Gasteiger partial charge in [0.25, 0.3) is 0 Å². The van der Waals surface area contributed by atoms with Crippen LogP contribution in [0.15, 0.2) is 23.2 Å². The van der Waals surface area contributed by atoms with Crippen molar-refractivity contribution in [2.24, 2.45) is 4.99 Å². The van der Waals surface area contributed by atoms with Crippen molar-refractivity contribution in [2.75, 3.05) is 39.5 Å². The number of hydrogen-bond donors (Lipinski definition) is 3. The Morgan fingerprint density at radius 3 is 2.81 bits per heavy atom. The van der Waals surface area contributed by atoms with Gasteiger partial charge in [-0.15, -0.1) is 24.0 Å². The largest absolute Gasteiger partial charge is 0.454 e. The monoisotopic (exact) mass is 489 g/mol. The van der Waals surface area contributed by atoms with Crippen LogP contribution in [0, 0.1) is 0 Å². The number of carbonyl (C=O) groups excluding carboxylic acids is 2. The molecule has 0 saturated carbocycles. The fourth-order valence-corrected chi connectivity index (χ4v) is 2.70. The van der Waals surface area contributed by atoms with Crippen LogP contribution < -0.4 is 25.4 Å². The lowest BCUT2D eigenvalue weighted by molar-refractivity contribution is -0.124. The molecule has 27 heavy (non-hydrogen) atoms. The Kier molecular flexibility index (Phi) is 7.95. The number of halogens is 1. The molecule has 3 amide bonds. The van der Waals surface area contributed by atoms with E-state index >= 15 is 0 Å². The predicted molar refractivity (Wildman–Crippen MR) is 111 cm³/mol. The van der Waals surface area contributed by atoms with Gasteiger partial charge in [0.2, 0.25) is 12.7 Å². The van der Waals surface area contributed by atoms with E-state index < -0.39 is 0 Å². The molecule has 0 unspecified atom stereocenters. The summed E-state index contributed by atoms with van der Waals surface area (Å²) in [4.78, 5) is 28.8. The molecule has 0 bridgehead atoms. The van der Waals surface area contributed by atoms with Gasteiger partial charge in [-0.05, 0) is 31.0 Å². The van der Waals surface area contributed by atoms with Gasteiger partial charge in [-0.25, -0.2) is 4.79 Å². The number of nitrogens with one attached hydrogen (secondary N) is 3. The second-order valence-corrected chi connectivity index (χ2v) is 5.83. The van der Waals surface area contributed by atoms with Gasteiger partial charge in [0.15, 0.2) is 17.5 Å². The van der Waals surface area contributed by atoms with Crippen molar-refractivity contribution in [1.29, 1.82) is 0 Å². The van der Waals surface area contributed by atoms with Crippen molar-refractivity contribution in [3.63, 3.8) is 0 Å². The number of urea groups is 1. The third kappa shape index (κ3) is 5.62. The highest BCUT2D eigenvalue weighted by atomic mass is 127. The first-order chi connectivity index (χ1) is 12.7. The van der Waals surface area contributed by atoms with E-state index in [1.165, 1.54) is 4.90 Å². The summed E-state index contributed by atoms with van der Waals surface area (Å²) in [5.41, 5.74) is 1.12. The van der Waals surface area contributed by atoms with E-state index in [0.29, 0.717) is 25.6 Å². The van der Waals surface area contributed by atoms with Crippen molar-refractivity contribution in [3.8, 4) is 11.5 Å². The summed E-state index contributed by atoms with van der Waals surface area (Å²) in [5.74, 6) is 1.99. The molecule has 3 N–H and O–H groups in total. The summed E-state index contributed by atoms with van der Waals surface area (Å²) in [7, 11) is 0. The zero-order chi connectivity index (χ0) is 18.4. The maximum atomic E-state index is 11.5. The average molecular weight is 489 g/mol. The van der Waals surface area contributed by atoms with Gasteiger partial charge in [-0.3, -0.25) is 14.7 Å². The van der Waals surface area contributed by atoms with Crippen LogP contribution >= 0.6 is 24.0 Å². The quantitative estimate of drug-likeness (QED) is 0.225. The van der Waals surface area contributed by atoms with Crippen LogP contribution in [0.5, 0.6) is 11.5 Å². The lowest BCUT2D eigenvalue weighted by atomic mass is 10.1. The summed E-state index contributed by atoms with van der Waals surface area (Å²) in [6.07, 6.45) is 0.764. The molecule has 2 aliphatic rings. The Morgan fingerprint density at radius 2 is 2.07 bits per heavy atom. The molecule has 2 aliphatic heterocycles. The lowest BCUT2D eigenvalue weighted by Crippen LogP contribution is -2.43. The van der Waals surface area contributed by atoms with Crippen molar-refractivity contribution in [2.45, 2.75) is 13.3 Å². The predicted octanol–water partition coefficient (Wildman–Crippen LogP) is 0.683. The molecule has 10 heteroatoms. The molecule has 9 nitrogen and oxygen atoms in total. The molecule has 2 heterocycles. The minimum absolute atomic E-state index is 0. The standard InChI is InChI=1S/C17H23N5O4.HI/c1-2-18-16(20-7-8-22-15(23)10-21-17(22)24)19-6-5-12-3-4-13-14(9-12)26-11-25-13;/h3-4,9H,2,5-8,10-11H2,1H3,(H,21,24)(H2,18,19,20);1H. The summed E-state index contributed by atoms with van der Waals surface area (Å²) in [5, 5.41) is 8.78. The molecular weight excluding hydrogens is 465 g/mol. The average Bonchev–Trinajstić information content (AvgIpc) is 3.22. The van der Waals surface area contributed by atoms with Gasteiger partial charge in [-0.2, -0.15) is 0 Å². The third-order valence-corrected chi connectivity index (χ3v) is 4.02. The van der Waals surface area contributed by atoms with Crippen molar-refractivity contribution >= 4 is 41.9 Å². The molecule has 1 aromatic carbocycles. The zero-order valence-electron chi connectivity index (χ0n) is 15.1. The van der Waals surface area contributed by atoms with E-state index in [0.717, 1.165) is 30.0 Å². The Bertz CT molecular complexity index is 697. The first kappa shape index (κ1) is 21.1. The SMILES string of the molecule is CCNC(=NCCc1ccc2c(c1)OCO2)NCCN1C(=O)CNC1=O.I. The van der Waals surface area contributed by atoms with Gasteiger partial charge < -0.3 is 25.4 Å². The Hall–Kier alpha value is -2.24. The normalized spacial score (nSPS) is 15.4. The highest BCUT2D eigenvalue weighted by molar-refractivity contribution is 14.0. The highest BCUT2D eigenvalue weighted by Crippen LogP contribution is 2.32. The highest BCUT2D eigenvalue weighted by Gasteiger charge is 2.27. The van der Waals surface area contributed by atoms with Crippen LogP contribution in [-0.4, -0.2) is 62.3 Å². The van der Waals surface area contributed by atoms with Crippen LogP contribution in [0.2, 0.25) is 0 Å². The number of guanidine groups is 1. The van der Waals surface area contributed by atoms with Crippen LogP contribution in [0.4, 0.5) is 4.79 Å². The Labute approximate surface area is 174 Å². The molecule has 0 atom stereocenters. The van der Waals surface area contributed by atoms with E-state index in [1.54, 1.807) is 0 Å². The number of imide groups is 1. The Morgan fingerprint density at radius 1 is 1.26 bits per heavy atom. The molecule has 1 fully saturated rings. The fourth-order valence-electron chi connectivity index (χ4n) is 2.70. The van der Waals surface area contributed by atoms with Crippen LogP contribution in [0.25, 0.3) is 0 Å². The molecule has 3 rings (SSSR count). The van der Waals surface area contributed by atoms with E-state index in [4.69, 9.17) is 9.47 Å². The molecule has 0 aromatic heterocycles. The lowest BCUT2D eigenvalue weighted by Gasteiger charge is -2.15. The number of carbonyl (C=O) groups is 2. The minimum atomic E-state index is -0.346. The van der Waals surface area contributed by atoms with E-state index in [2.05, 4.69) is 20.9 Å². The first-order valence-corrected chi connectivity index (χ1v) is 8.66. The van der Waals surface area contributed by atoms with Crippen LogP contribution in [0.3, 0.4) is 0 Å². The van der Waals surface area contributed by atoms with Crippen LogP contribution in [0.1, 0.15) is 12.5 Å². The maximum absolute atomic E-state index is 11.5. The first-order valence-electron chi connectivity index (χ1n) is 8.66. The van der Waals surface area contributed by atoms with Gasteiger partial charge in [0, 0.05) is 26.2 Å². The minimum Gasteiger partial charge on any atom is -0.454 e. The Balaban J connectivity index is 0.00000261. The summed E-state index contributed by atoms with van der Waals surface area (Å²) in [6, 6.07) is 5.53. The number of ether oxygens (including phenoxy) is 2. The molecule has 0 spiro atoms. The van der Waals surface area contributed by atoms with Gasteiger partial charge >= 0.3 is 6.03 Å². The molecule has 0 aliphatic carbocycles. The van der Waals surface area contributed by atoms with Gasteiger partial charge in [0.05, 0.1) is 6.54 Å². The maximum Gasteiger partial charge on any atom is 0.324 e. The van der Waals surface area contributed by atoms with Gasteiger partial charge in [-0.1, -0.05) is 6.07 Å². The molecule has 1 saturated heterocycles. The number of benzene rings is 1. The third-order valence-electron chi connectivity index (χ3n) is 4.02. The number of nitrogens with zero attached hydrogens (tertiary/aromatic N) is 2. The van der Waals surface area contributed by atoms with E-state index in [1.807, 2.05) is 25.1 Å². The number of rotatable bonds is 7. The van der Waals surface area contributed by atoms with E-state index in [9.17, 15) is 9.59 Å². The number of amides is 3. The number of fused-ring (bicyclic) bond motifs is 1. The van der Waals surface area contributed by atoms with Crippen molar-refractivity contribution in [1.82, 2.24) is 20.9 Å².